The minimum atomic E-state index is 0.678. The number of nitrogens with zero attached hydrogens (tertiary/aromatic N) is 3. The molecular formula is C13H24N4. The zero-order valence-electron chi connectivity index (χ0n) is 11.2. The average molecular weight is 236 g/mol. The van der Waals surface area contributed by atoms with Gasteiger partial charge in [-0.15, -0.1) is 0 Å². The van der Waals surface area contributed by atoms with Crippen LogP contribution in [0.15, 0.2) is 12.4 Å². The van der Waals surface area contributed by atoms with E-state index in [4.69, 9.17) is 0 Å². The fourth-order valence-electron chi connectivity index (χ4n) is 2.63. The molecule has 1 fully saturated rings. The fourth-order valence-corrected chi connectivity index (χ4v) is 2.63. The first-order valence-electron chi connectivity index (χ1n) is 6.75. The number of aromatic nitrogens is 2. The van der Waals surface area contributed by atoms with Crippen LogP contribution in [0.25, 0.3) is 0 Å². The standard InChI is InChI=1S/C13H24N4/c1-4-14-13-6-7-16(9-11(13)3)12-8-15-17(5-2)10-12/h8,10-11,13-14H,4-7,9H2,1-3H3. The number of nitrogens with one attached hydrogen (secondary N) is 1. The summed E-state index contributed by atoms with van der Waals surface area (Å²) < 4.78 is 2.00. The van der Waals surface area contributed by atoms with Crippen LogP contribution >= 0.6 is 0 Å². The molecule has 1 aromatic rings. The van der Waals surface area contributed by atoms with Gasteiger partial charge in [-0.1, -0.05) is 13.8 Å². The second-order valence-corrected chi connectivity index (χ2v) is 4.93. The monoisotopic (exact) mass is 236 g/mol. The third kappa shape index (κ3) is 2.80. The Morgan fingerprint density at radius 1 is 1.47 bits per heavy atom. The van der Waals surface area contributed by atoms with Gasteiger partial charge in [-0.2, -0.15) is 5.10 Å². The van der Waals surface area contributed by atoms with Crippen LogP contribution in [-0.4, -0.2) is 35.5 Å². The number of piperidine rings is 1. The topological polar surface area (TPSA) is 33.1 Å². The lowest BCUT2D eigenvalue weighted by Crippen LogP contribution is -2.48. The van der Waals surface area contributed by atoms with Gasteiger partial charge in [0.1, 0.15) is 0 Å². The van der Waals surface area contributed by atoms with Crippen LogP contribution in [0.3, 0.4) is 0 Å². The number of hydrogen-bond acceptors (Lipinski definition) is 3. The predicted octanol–water partition coefficient (Wildman–Crippen LogP) is 1.73. The van der Waals surface area contributed by atoms with E-state index < -0.39 is 0 Å². The highest BCUT2D eigenvalue weighted by atomic mass is 15.3. The lowest BCUT2D eigenvalue weighted by atomic mass is 9.93. The normalized spacial score (nSPS) is 25.2. The summed E-state index contributed by atoms with van der Waals surface area (Å²) in [7, 11) is 0. The molecule has 1 aliphatic rings. The Morgan fingerprint density at radius 2 is 2.29 bits per heavy atom. The molecule has 4 heteroatoms. The van der Waals surface area contributed by atoms with Gasteiger partial charge in [-0.25, -0.2) is 0 Å². The van der Waals surface area contributed by atoms with Crippen molar-refractivity contribution in [2.45, 2.75) is 39.8 Å². The molecule has 2 rings (SSSR count). The Morgan fingerprint density at radius 3 is 2.88 bits per heavy atom. The van der Waals surface area contributed by atoms with Gasteiger partial charge in [0, 0.05) is 31.9 Å². The minimum Gasteiger partial charge on any atom is -0.369 e. The first-order chi connectivity index (χ1) is 8.24. The quantitative estimate of drug-likeness (QED) is 0.864. The summed E-state index contributed by atoms with van der Waals surface area (Å²) in [6.07, 6.45) is 5.37. The van der Waals surface area contributed by atoms with Crippen molar-refractivity contribution in [3.8, 4) is 0 Å². The molecule has 0 bridgehead atoms. The van der Waals surface area contributed by atoms with E-state index in [0.29, 0.717) is 12.0 Å². The van der Waals surface area contributed by atoms with Gasteiger partial charge in [0.05, 0.1) is 11.9 Å². The number of hydrogen-bond donors (Lipinski definition) is 1. The van der Waals surface area contributed by atoms with Gasteiger partial charge in [0.2, 0.25) is 0 Å². The van der Waals surface area contributed by atoms with Crippen LogP contribution < -0.4 is 10.2 Å². The van der Waals surface area contributed by atoms with Gasteiger partial charge < -0.3 is 10.2 Å². The lowest BCUT2D eigenvalue weighted by Gasteiger charge is -2.37. The maximum absolute atomic E-state index is 4.35. The maximum atomic E-state index is 4.35. The Balaban J connectivity index is 1.96. The van der Waals surface area contributed by atoms with Crippen molar-refractivity contribution < 1.29 is 0 Å². The Hall–Kier alpha value is -1.03. The maximum Gasteiger partial charge on any atom is 0.0752 e. The summed E-state index contributed by atoms with van der Waals surface area (Å²) in [4.78, 5) is 2.46. The summed E-state index contributed by atoms with van der Waals surface area (Å²) in [5, 5.41) is 7.92. The van der Waals surface area contributed by atoms with Gasteiger partial charge in [-0.3, -0.25) is 4.68 Å². The van der Waals surface area contributed by atoms with Crippen LogP contribution in [-0.2, 0) is 6.54 Å². The van der Waals surface area contributed by atoms with Crippen molar-refractivity contribution in [2.75, 3.05) is 24.5 Å². The van der Waals surface area contributed by atoms with E-state index >= 15 is 0 Å². The molecule has 1 N–H and O–H groups in total. The first-order valence-corrected chi connectivity index (χ1v) is 6.75. The molecule has 0 radical (unpaired) electrons. The zero-order chi connectivity index (χ0) is 12.3. The Kier molecular flexibility index (Phi) is 4.05. The van der Waals surface area contributed by atoms with Crippen LogP contribution in [0.2, 0.25) is 0 Å². The van der Waals surface area contributed by atoms with Gasteiger partial charge >= 0.3 is 0 Å². The fraction of sp³-hybridized carbons (Fsp3) is 0.769. The predicted molar refractivity (Wildman–Crippen MR) is 71.4 cm³/mol. The molecule has 96 valence electrons. The van der Waals surface area contributed by atoms with Crippen LogP contribution in [0.1, 0.15) is 27.2 Å². The zero-order valence-corrected chi connectivity index (χ0v) is 11.2. The van der Waals surface area contributed by atoms with E-state index in [-0.39, 0.29) is 0 Å². The van der Waals surface area contributed by atoms with E-state index in [1.54, 1.807) is 0 Å². The number of anilines is 1. The SMILES string of the molecule is CCNC1CCN(c2cnn(CC)c2)CC1C. The average Bonchev–Trinajstić information content (AvgIpc) is 2.80. The Bertz CT molecular complexity index is 347. The summed E-state index contributed by atoms with van der Waals surface area (Å²) in [5.74, 6) is 0.702. The van der Waals surface area contributed by atoms with Gasteiger partial charge in [0.15, 0.2) is 0 Å². The smallest absolute Gasteiger partial charge is 0.0752 e. The second-order valence-electron chi connectivity index (χ2n) is 4.93. The summed E-state index contributed by atoms with van der Waals surface area (Å²) >= 11 is 0. The summed E-state index contributed by atoms with van der Waals surface area (Å²) in [5.41, 5.74) is 1.27. The summed E-state index contributed by atoms with van der Waals surface area (Å²) in [6.45, 7) is 10.9. The van der Waals surface area contributed by atoms with Crippen molar-refractivity contribution in [1.29, 1.82) is 0 Å². The lowest BCUT2D eigenvalue weighted by molar-refractivity contribution is 0.327. The van der Waals surface area contributed by atoms with Gasteiger partial charge in [-0.05, 0) is 25.8 Å². The molecule has 1 aromatic heterocycles. The van der Waals surface area contributed by atoms with Crippen molar-refractivity contribution in [3.05, 3.63) is 12.4 Å². The van der Waals surface area contributed by atoms with E-state index in [2.05, 4.69) is 42.3 Å². The molecular weight excluding hydrogens is 212 g/mol. The van der Waals surface area contributed by atoms with E-state index in [0.717, 1.165) is 26.2 Å². The second kappa shape index (κ2) is 5.54. The first kappa shape index (κ1) is 12.4. The van der Waals surface area contributed by atoms with Crippen molar-refractivity contribution >= 4 is 5.69 Å². The van der Waals surface area contributed by atoms with Crippen LogP contribution in [0.5, 0.6) is 0 Å². The van der Waals surface area contributed by atoms with Crippen LogP contribution in [0.4, 0.5) is 5.69 Å². The highest BCUT2D eigenvalue weighted by Gasteiger charge is 2.25. The third-order valence-electron chi connectivity index (χ3n) is 3.68. The third-order valence-corrected chi connectivity index (χ3v) is 3.68. The molecule has 1 saturated heterocycles. The van der Waals surface area contributed by atoms with E-state index in [9.17, 15) is 0 Å². The molecule has 0 aliphatic carbocycles. The number of rotatable bonds is 4. The molecule has 2 atom stereocenters. The molecule has 0 spiro atoms. The largest absolute Gasteiger partial charge is 0.369 e. The van der Waals surface area contributed by atoms with E-state index in [1.807, 2.05) is 10.9 Å². The molecule has 0 amide bonds. The van der Waals surface area contributed by atoms with Crippen LogP contribution in [0, 0.1) is 5.92 Å². The summed E-state index contributed by atoms with van der Waals surface area (Å²) in [6, 6.07) is 0.678. The molecule has 2 unspecified atom stereocenters. The number of aryl methyl sites for hydroxylation is 1. The van der Waals surface area contributed by atoms with Crippen molar-refractivity contribution in [2.24, 2.45) is 5.92 Å². The molecule has 1 aliphatic heterocycles. The van der Waals surface area contributed by atoms with Crippen molar-refractivity contribution in [1.82, 2.24) is 15.1 Å². The van der Waals surface area contributed by atoms with E-state index in [1.165, 1.54) is 12.1 Å². The highest BCUT2D eigenvalue weighted by Crippen LogP contribution is 2.22. The molecule has 17 heavy (non-hydrogen) atoms. The molecule has 0 aromatic carbocycles. The molecule has 4 nitrogen and oxygen atoms in total. The van der Waals surface area contributed by atoms with Gasteiger partial charge in [0.25, 0.3) is 0 Å². The highest BCUT2D eigenvalue weighted by molar-refractivity contribution is 5.43. The molecule has 2 heterocycles. The molecule has 0 saturated carbocycles. The minimum absolute atomic E-state index is 0.678. The Labute approximate surface area is 104 Å². The van der Waals surface area contributed by atoms with Crippen molar-refractivity contribution in [3.63, 3.8) is 0 Å².